The summed E-state index contributed by atoms with van der Waals surface area (Å²) in [6.45, 7) is 1.45. The first-order valence-corrected chi connectivity index (χ1v) is 3.76. The van der Waals surface area contributed by atoms with Crippen molar-refractivity contribution in [1.82, 2.24) is 5.32 Å². The summed E-state index contributed by atoms with van der Waals surface area (Å²) in [5, 5.41) is 11.7. The van der Waals surface area contributed by atoms with E-state index in [1.165, 1.54) is 6.92 Å². The number of hydrogen-bond acceptors (Lipinski definition) is 2. The van der Waals surface area contributed by atoms with Crippen LogP contribution in [-0.2, 0) is 4.79 Å². The van der Waals surface area contributed by atoms with Crippen molar-refractivity contribution in [2.24, 2.45) is 0 Å². The van der Waals surface area contributed by atoms with Gasteiger partial charge >= 0.3 is 0 Å². The second-order valence-electron chi connectivity index (χ2n) is 2.94. The van der Waals surface area contributed by atoms with Crippen LogP contribution >= 0.6 is 0 Å². The van der Waals surface area contributed by atoms with E-state index in [-0.39, 0.29) is 12.5 Å². The number of rotatable bonds is 2. The van der Waals surface area contributed by atoms with Gasteiger partial charge in [0.15, 0.2) is 0 Å². The lowest BCUT2D eigenvalue weighted by Gasteiger charge is -2.25. The van der Waals surface area contributed by atoms with Gasteiger partial charge in [-0.05, 0) is 12.8 Å². The van der Waals surface area contributed by atoms with Crippen LogP contribution < -0.4 is 5.32 Å². The predicted octanol–water partition coefficient (Wildman–Crippen LogP) is 0.204. The summed E-state index contributed by atoms with van der Waals surface area (Å²) in [6, 6.07) is 0. The van der Waals surface area contributed by atoms with E-state index in [4.69, 9.17) is 5.11 Å². The Bertz CT molecular complexity index is 189. The minimum Gasteiger partial charge on any atom is -0.394 e. The van der Waals surface area contributed by atoms with Gasteiger partial charge in [-0.15, -0.1) is 0 Å². The second-order valence-corrected chi connectivity index (χ2v) is 2.94. The molecule has 1 unspecified atom stereocenters. The van der Waals surface area contributed by atoms with Crippen molar-refractivity contribution in [3.05, 3.63) is 12.2 Å². The molecule has 1 aliphatic carbocycles. The molecule has 1 atom stereocenters. The summed E-state index contributed by atoms with van der Waals surface area (Å²) in [5.41, 5.74) is -0.466. The summed E-state index contributed by atoms with van der Waals surface area (Å²) >= 11 is 0. The molecule has 0 spiro atoms. The molecule has 62 valence electrons. The standard InChI is InChI=1S/C8H13NO2/c1-7(11)9-8(6-10)4-2-3-5-8/h2,4,10H,3,5-6H2,1H3,(H,9,11). The first-order chi connectivity index (χ1) is 5.18. The fourth-order valence-electron chi connectivity index (χ4n) is 1.36. The largest absolute Gasteiger partial charge is 0.394 e. The molecule has 0 saturated carbocycles. The Labute approximate surface area is 66.1 Å². The van der Waals surface area contributed by atoms with Gasteiger partial charge in [0.25, 0.3) is 0 Å². The Morgan fingerprint density at radius 3 is 2.91 bits per heavy atom. The highest BCUT2D eigenvalue weighted by atomic mass is 16.3. The summed E-state index contributed by atoms with van der Waals surface area (Å²) in [5.74, 6) is -0.0920. The quantitative estimate of drug-likeness (QED) is 0.560. The number of nitrogens with one attached hydrogen (secondary N) is 1. The molecule has 0 radical (unpaired) electrons. The lowest BCUT2D eigenvalue weighted by molar-refractivity contribution is -0.120. The number of amides is 1. The van der Waals surface area contributed by atoms with Crippen LogP contribution in [-0.4, -0.2) is 23.2 Å². The predicted molar refractivity (Wildman–Crippen MR) is 42.0 cm³/mol. The van der Waals surface area contributed by atoms with E-state index in [1.807, 2.05) is 12.2 Å². The summed E-state index contributed by atoms with van der Waals surface area (Å²) < 4.78 is 0. The summed E-state index contributed by atoms with van der Waals surface area (Å²) in [4.78, 5) is 10.7. The number of allylic oxidation sites excluding steroid dienone is 1. The van der Waals surface area contributed by atoms with Crippen LogP contribution in [0.5, 0.6) is 0 Å². The third kappa shape index (κ3) is 1.80. The SMILES string of the molecule is CC(=O)NC1(CO)C=CCC1. The molecule has 3 nitrogen and oxygen atoms in total. The molecule has 11 heavy (non-hydrogen) atoms. The van der Waals surface area contributed by atoms with Gasteiger partial charge in [-0.2, -0.15) is 0 Å². The highest BCUT2D eigenvalue weighted by Crippen LogP contribution is 2.21. The first kappa shape index (κ1) is 8.27. The summed E-state index contributed by atoms with van der Waals surface area (Å²) in [6.07, 6.45) is 5.59. The van der Waals surface area contributed by atoms with Crippen LogP contribution in [0.15, 0.2) is 12.2 Å². The van der Waals surface area contributed by atoms with Crippen molar-refractivity contribution in [2.75, 3.05) is 6.61 Å². The molecule has 0 aromatic carbocycles. The van der Waals surface area contributed by atoms with Crippen LogP contribution in [0.2, 0.25) is 0 Å². The molecule has 3 heteroatoms. The van der Waals surface area contributed by atoms with Gasteiger partial charge in [-0.1, -0.05) is 12.2 Å². The van der Waals surface area contributed by atoms with Crippen molar-refractivity contribution in [3.8, 4) is 0 Å². The van der Waals surface area contributed by atoms with E-state index in [0.29, 0.717) is 0 Å². The highest BCUT2D eigenvalue weighted by Gasteiger charge is 2.29. The topological polar surface area (TPSA) is 49.3 Å². The normalized spacial score (nSPS) is 28.9. The molecular weight excluding hydrogens is 142 g/mol. The third-order valence-electron chi connectivity index (χ3n) is 1.90. The number of carbonyl (C=O) groups excluding carboxylic acids is 1. The van der Waals surface area contributed by atoms with E-state index in [2.05, 4.69) is 5.32 Å². The minimum absolute atomic E-state index is 0.0108. The van der Waals surface area contributed by atoms with Crippen molar-refractivity contribution in [1.29, 1.82) is 0 Å². The highest BCUT2D eigenvalue weighted by molar-refractivity contribution is 5.74. The van der Waals surface area contributed by atoms with E-state index >= 15 is 0 Å². The van der Waals surface area contributed by atoms with Gasteiger partial charge in [0.1, 0.15) is 0 Å². The van der Waals surface area contributed by atoms with Gasteiger partial charge in [-0.25, -0.2) is 0 Å². The number of hydrogen-bond donors (Lipinski definition) is 2. The van der Waals surface area contributed by atoms with Gasteiger partial charge in [0.2, 0.25) is 5.91 Å². The molecule has 0 bridgehead atoms. The van der Waals surface area contributed by atoms with E-state index in [1.54, 1.807) is 0 Å². The third-order valence-corrected chi connectivity index (χ3v) is 1.90. The Kier molecular flexibility index (Phi) is 2.29. The zero-order chi connectivity index (χ0) is 8.32. The van der Waals surface area contributed by atoms with Crippen molar-refractivity contribution >= 4 is 5.91 Å². The monoisotopic (exact) mass is 155 g/mol. The van der Waals surface area contributed by atoms with Gasteiger partial charge < -0.3 is 10.4 Å². The number of aliphatic hydroxyl groups is 1. The fourth-order valence-corrected chi connectivity index (χ4v) is 1.36. The molecule has 1 rings (SSSR count). The zero-order valence-electron chi connectivity index (χ0n) is 6.63. The smallest absolute Gasteiger partial charge is 0.217 e. The molecule has 0 aromatic heterocycles. The molecular formula is C8H13NO2. The van der Waals surface area contributed by atoms with Gasteiger partial charge in [0, 0.05) is 6.92 Å². The van der Waals surface area contributed by atoms with E-state index in [9.17, 15) is 4.79 Å². The summed E-state index contributed by atoms with van der Waals surface area (Å²) in [7, 11) is 0. The van der Waals surface area contributed by atoms with Crippen LogP contribution in [0.25, 0.3) is 0 Å². The maximum Gasteiger partial charge on any atom is 0.217 e. The average molecular weight is 155 g/mol. The Balaban J connectivity index is 2.60. The lowest BCUT2D eigenvalue weighted by Crippen LogP contribution is -2.47. The minimum atomic E-state index is -0.466. The zero-order valence-corrected chi connectivity index (χ0v) is 6.63. The molecule has 0 fully saturated rings. The number of carbonyl (C=O) groups is 1. The Hall–Kier alpha value is -0.830. The van der Waals surface area contributed by atoms with Crippen molar-refractivity contribution in [2.45, 2.75) is 25.3 Å². The fraction of sp³-hybridized carbons (Fsp3) is 0.625. The van der Waals surface area contributed by atoms with Crippen molar-refractivity contribution < 1.29 is 9.90 Å². The van der Waals surface area contributed by atoms with Crippen LogP contribution in [0.1, 0.15) is 19.8 Å². The molecule has 0 saturated heterocycles. The molecule has 2 N–H and O–H groups in total. The first-order valence-electron chi connectivity index (χ1n) is 3.76. The molecule has 0 aromatic rings. The van der Waals surface area contributed by atoms with Gasteiger partial charge in [-0.3, -0.25) is 4.79 Å². The molecule has 1 aliphatic rings. The maximum absolute atomic E-state index is 10.7. The Morgan fingerprint density at radius 1 is 1.82 bits per heavy atom. The van der Waals surface area contributed by atoms with E-state index in [0.717, 1.165) is 12.8 Å². The van der Waals surface area contributed by atoms with E-state index < -0.39 is 5.54 Å². The van der Waals surface area contributed by atoms with Crippen LogP contribution in [0.4, 0.5) is 0 Å². The lowest BCUT2D eigenvalue weighted by atomic mass is 10.0. The van der Waals surface area contributed by atoms with Crippen molar-refractivity contribution in [3.63, 3.8) is 0 Å². The molecule has 1 amide bonds. The molecule has 0 aliphatic heterocycles. The maximum atomic E-state index is 10.7. The second kappa shape index (κ2) is 3.05. The van der Waals surface area contributed by atoms with Gasteiger partial charge in [0.05, 0.1) is 12.1 Å². The average Bonchev–Trinajstić information content (AvgIpc) is 2.36. The Morgan fingerprint density at radius 2 is 2.55 bits per heavy atom. The van der Waals surface area contributed by atoms with Crippen LogP contribution in [0.3, 0.4) is 0 Å². The number of aliphatic hydroxyl groups excluding tert-OH is 1. The van der Waals surface area contributed by atoms with Crippen LogP contribution in [0, 0.1) is 0 Å². The molecule has 0 heterocycles.